The molecule has 10 heteroatoms. The third-order valence-electron chi connectivity index (χ3n) is 4.66. The van der Waals surface area contributed by atoms with Crippen molar-refractivity contribution < 1.29 is 14.6 Å². The molecule has 30 heavy (non-hydrogen) atoms. The maximum atomic E-state index is 13.1. The summed E-state index contributed by atoms with van der Waals surface area (Å²) in [5, 5.41) is 23.1. The highest BCUT2D eigenvalue weighted by atomic mass is 79.9. The van der Waals surface area contributed by atoms with E-state index in [1.165, 1.54) is 23.3 Å². The number of hydrogen-bond donors (Lipinski definition) is 4. The Kier molecular flexibility index (Phi) is 8.23. The third-order valence-corrected chi connectivity index (χ3v) is 7.59. The summed E-state index contributed by atoms with van der Waals surface area (Å²) in [4.78, 5) is 4.02. The highest BCUT2D eigenvalue weighted by Gasteiger charge is 2.45. The molecule has 162 valence electrons. The van der Waals surface area contributed by atoms with Gasteiger partial charge in [0.25, 0.3) is 0 Å². The molecular weight excluding hydrogens is 513 g/mol. The van der Waals surface area contributed by atoms with Gasteiger partial charge in [0.2, 0.25) is 0 Å². The number of halogens is 3. The summed E-state index contributed by atoms with van der Waals surface area (Å²) in [6.07, 6.45) is 3.98. The van der Waals surface area contributed by atoms with Crippen LogP contribution >= 0.6 is 50.8 Å². The molecule has 1 aliphatic carbocycles. The molecule has 1 atom stereocenters. The van der Waals surface area contributed by atoms with Crippen molar-refractivity contribution >= 4 is 68.9 Å². The van der Waals surface area contributed by atoms with E-state index in [-0.39, 0.29) is 16.7 Å². The summed E-state index contributed by atoms with van der Waals surface area (Å²) in [6, 6.07) is 5.56. The van der Waals surface area contributed by atoms with Crippen molar-refractivity contribution in [3.05, 3.63) is 54.5 Å². The van der Waals surface area contributed by atoms with Crippen molar-refractivity contribution in [1.29, 1.82) is 0 Å². The van der Waals surface area contributed by atoms with Crippen LogP contribution in [0.15, 0.2) is 39.6 Å². The fourth-order valence-electron chi connectivity index (χ4n) is 2.80. The third kappa shape index (κ3) is 6.21. The van der Waals surface area contributed by atoms with E-state index in [4.69, 9.17) is 16.7 Å². The van der Waals surface area contributed by atoms with Crippen LogP contribution in [0.4, 0.5) is 10.1 Å². The van der Waals surface area contributed by atoms with Crippen LogP contribution in [0.1, 0.15) is 26.2 Å². The Balaban J connectivity index is 1.89. The number of aliphatic hydroxyl groups excluding tert-OH is 2. The second kappa shape index (κ2) is 10.5. The number of nitrogens with one attached hydrogen (secondary N) is 2. The first kappa shape index (κ1) is 23.6. The summed E-state index contributed by atoms with van der Waals surface area (Å²) in [5.41, 5.74) is 3.88. The van der Waals surface area contributed by atoms with Crippen LogP contribution in [0, 0.1) is 0 Å². The summed E-state index contributed by atoms with van der Waals surface area (Å²) >= 11 is 12.6. The van der Waals surface area contributed by atoms with Crippen LogP contribution in [0.2, 0.25) is 5.02 Å². The number of nitrogens with zero attached hydrogens (tertiary/aromatic N) is 1. The second-order valence-electron chi connectivity index (χ2n) is 7.07. The fourth-order valence-corrected chi connectivity index (χ4v) is 5.33. The number of hydrogen-bond acceptors (Lipinski definition) is 7. The second-order valence-corrected chi connectivity index (χ2v) is 10.6. The number of aromatic nitrogens is 1. The zero-order chi connectivity index (χ0) is 21.7. The minimum Gasteiger partial charge on any atom is -0.394 e. The standard InChI is InChI=1S/C20H22BrClFN3O2S2/c1-12(25-16-3-2-13(21)6-15(16)22)17(7-19-18(9-23)24-11-29-19)26-30-20(4-5-20)8-14(28)10-27/h2-3,6-7,9,11,14,25-28H,4-5,8,10H2,1H3/b17-12-,18-9-,19-7+. The number of allylic oxidation sites excluding steroid dienone is 2. The Bertz CT molecular complexity index is 1040. The molecule has 1 aliphatic rings. The van der Waals surface area contributed by atoms with Crippen LogP contribution in [0.5, 0.6) is 0 Å². The van der Waals surface area contributed by atoms with Gasteiger partial charge in [0.05, 0.1) is 39.2 Å². The minimum absolute atomic E-state index is 0.125. The minimum atomic E-state index is -0.742. The first-order valence-corrected chi connectivity index (χ1v) is 12.1. The molecule has 0 aliphatic heterocycles. The van der Waals surface area contributed by atoms with Gasteiger partial charge in [0.1, 0.15) is 11.7 Å². The van der Waals surface area contributed by atoms with Gasteiger partial charge in [-0.25, -0.2) is 9.37 Å². The van der Waals surface area contributed by atoms with Gasteiger partial charge in [-0.2, -0.15) is 0 Å². The van der Waals surface area contributed by atoms with Crippen molar-refractivity contribution in [2.75, 3.05) is 11.9 Å². The number of benzene rings is 1. The highest BCUT2D eigenvalue weighted by molar-refractivity contribution is 9.10. The lowest BCUT2D eigenvalue weighted by Gasteiger charge is -2.20. The molecule has 0 bridgehead atoms. The Morgan fingerprint density at radius 1 is 1.50 bits per heavy atom. The van der Waals surface area contributed by atoms with Gasteiger partial charge in [0.15, 0.2) is 0 Å². The van der Waals surface area contributed by atoms with Crippen LogP contribution in [0.25, 0.3) is 12.4 Å². The number of rotatable bonds is 9. The van der Waals surface area contributed by atoms with Gasteiger partial charge in [-0.05, 0) is 62.4 Å². The maximum Gasteiger partial charge on any atom is 0.114 e. The summed E-state index contributed by atoms with van der Waals surface area (Å²) < 4.78 is 18.0. The smallest absolute Gasteiger partial charge is 0.114 e. The monoisotopic (exact) mass is 533 g/mol. The zero-order valence-corrected chi connectivity index (χ0v) is 20.1. The quantitative estimate of drug-likeness (QED) is 0.366. The van der Waals surface area contributed by atoms with Crippen LogP contribution < -0.4 is 19.9 Å². The lowest BCUT2D eigenvalue weighted by molar-refractivity contribution is 0.0864. The summed E-state index contributed by atoms with van der Waals surface area (Å²) in [6.45, 7) is 1.65. The first-order chi connectivity index (χ1) is 14.4. The predicted octanol–water partition coefficient (Wildman–Crippen LogP) is 3.90. The molecule has 5 nitrogen and oxygen atoms in total. The van der Waals surface area contributed by atoms with Gasteiger partial charge in [-0.1, -0.05) is 27.5 Å². The van der Waals surface area contributed by atoms with Crippen molar-refractivity contribution in [3.8, 4) is 0 Å². The van der Waals surface area contributed by atoms with E-state index in [1.807, 2.05) is 25.1 Å². The molecule has 3 rings (SSSR count). The largest absolute Gasteiger partial charge is 0.394 e. The van der Waals surface area contributed by atoms with Crippen molar-refractivity contribution in [2.24, 2.45) is 0 Å². The fraction of sp³-hybridized carbons (Fsp3) is 0.350. The number of aliphatic hydroxyl groups is 2. The van der Waals surface area contributed by atoms with Crippen molar-refractivity contribution in [3.63, 3.8) is 0 Å². The van der Waals surface area contributed by atoms with Gasteiger partial charge in [-0.3, -0.25) is 0 Å². The maximum absolute atomic E-state index is 13.1. The highest BCUT2D eigenvalue weighted by Crippen LogP contribution is 2.51. The average Bonchev–Trinajstić information content (AvgIpc) is 3.33. The van der Waals surface area contributed by atoms with E-state index in [0.29, 0.717) is 22.3 Å². The molecule has 1 fully saturated rings. The lowest BCUT2D eigenvalue weighted by atomic mass is 10.2. The van der Waals surface area contributed by atoms with E-state index < -0.39 is 6.10 Å². The molecule has 1 heterocycles. The average molecular weight is 535 g/mol. The SMILES string of the molecule is C\C(Nc1ccc(Br)cc1Cl)=C(/C=c1/scn/c1=C\F)NSC1(CC(O)CO)CC1. The van der Waals surface area contributed by atoms with E-state index in [0.717, 1.165) is 34.4 Å². The molecule has 4 N–H and O–H groups in total. The topological polar surface area (TPSA) is 77.4 Å². The Labute approximate surface area is 196 Å². The van der Waals surface area contributed by atoms with Gasteiger partial charge in [0, 0.05) is 14.9 Å². The van der Waals surface area contributed by atoms with Crippen LogP contribution in [-0.4, -0.2) is 32.7 Å². The molecule has 2 aromatic rings. The van der Waals surface area contributed by atoms with E-state index in [2.05, 4.69) is 31.0 Å². The molecule has 1 aromatic carbocycles. The van der Waals surface area contributed by atoms with E-state index in [9.17, 15) is 9.50 Å². The molecule has 0 radical (unpaired) electrons. The Morgan fingerprint density at radius 3 is 2.90 bits per heavy atom. The number of thiazole rings is 1. The molecule has 0 spiro atoms. The van der Waals surface area contributed by atoms with E-state index in [1.54, 1.807) is 11.6 Å². The predicted molar refractivity (Wildman–Crippen MR) is 127 cm³/mol. The Morgan fingerprint density at radius 2 is 2.27 bits per heavy atom. The molecular formula is C20H22BrClFN3O2S2. The van der Waals surface area contributed by atoms with Crippen LogP contribution in [-0.2, 0) is 0 Å². The number of anilines is 1. The normalized spacial score (nSPS) is 18.2. The zero-order valence-electron chi connectivity index (χ0n) is 16.2. The van der Waals surface area contributed by atoms with Crippen molar-refractivity contribution in [1.82, 2.24) is 9.71 Å². The molecule has 0 amide bonds. The lowest BCUT2D eigenvalue weighted by Crippen LogP contribution is -2.25. The Hall–Kier alpha value is -1.10. The molecule has 0 saturated heterocycles. The van der Waals surface area contributed by atoms with E-state index >= 15 is 0 Å². The first-order valence-electron chi connectivity index (χ1n) is 9.23. The molecule has 1 saturated carbocycles. The van der Waals surface area contributed by atoms with Crippen LogP contribution in [0.3, 0.4) is 0 Å². The van der Waals surface area contributed by atoms with Crippen molar-refractivity contribution in [2.45, 2.75) is 37.0 Å². The summed E-state index contributed by atoms with van der Waals surface area (Å²) in [5.74, 6) is 0. The van der Waals surface area contributed by atoms with Gasteiger partial charge < -0.3 is 20.3 Å². The summed E-state index contributed by atoms with van der Waals surface area (Å²) in [7, 11) is 0. The molecule has 1 aromatic heterocycles. The molecule has 1 unspecified atom stereocenters. The van der Waals surface area contributed by atoms with Gasteiger partial charge in [-0.15, -0.1) is 11.3 Å². The van der Waals surface area contributed by atoms with Gasteiger partial charge >= 0.3 is 0 Å².